The minimum atomic E-state index is 1.34. The summed E-state index contributed by atoms with van der Waals surface area (Å²) >= 11 is 0. The highest BCUT2D eigenvalue weighted by molar-refractivity contribution is 8.76. The molecule has 0 aromatic rings. The first kappa shape index (κ1) is 12.7. The van der Waals surface area contributed by atoms with Crippen molar-refractivity contribution in [2.45, 2.75) is 51.9 Å². The lowest BCUT2D eigenvalue weighted by Gasteiger charge is -1.99. The zero-order chi connectivity index (χ0) is 9.07. The van der Waals surface area contributed by atoms with Gasteiger partial charge in [-0.3, -0.25) is 0 Å². The molecular weight excluding hydrogens is 184 g/mol. The van der Waals surface area contributed by atoms with E-state index in [0.29, 0.717) is 0 Å². The van der Waals surface area contributed by atoms with Crippen molar-refractivity contribution < 1.29 is 0 Å². The van der Waals surface area contributed by atoms with Gasteiger partial charge >= 0.3 is 0 Å². The Morgan fingerprint density at radius 3 is 2.00 bits per heavy atom. The van der Waals surface area contributed by atoms with Crippen LogP contribution in [0.25, 0.3) is 0 Å². The summed E-state index contributed by atoms with van der Waals surface area (Å²) < 4.78 is 0. The molecule has 0 rings (SSSR count). The van der Waals surface area contributed by atoms with Gasteiger partial charge in [-0.2, -0.15) is 0 Å². The Balaban J connectivity index is 2.73. The first-order chi connectivity index (χ1) is 5.91. The van der Waals surface area contributed by atoms with Crippen molar-refractivity contribution in [3.8, 4) is 0 Å². The zero-order valence-corrected chi connectivity index (χ0v) is 10.1. The molecule has 74 valence electrons. The maximum Gasteiger partial charge on any atom is 0.00368 e. The summed E-state index contributed by atoms with van der Waals surface area (Å²) in [5, 5.41) is 0. The summed E-state index contributed by atoms with van der Waals surface area (Å²) in [4.78, 5) is 0. The fourth-order valence-electron chi connectivity index (χ4n) is 1.20. The van der Waals surface area contributed by atoms with Crippen LogP contribution in [0.5, 0.6) is 0 Å². The first-order valence-electron chi connectivity index (χ1n) is 5.07. The van der Waals surface area contributed by atoms with Crippen LogP contribution in [-0.4, -0.2) is 12.0 Å². The minimum absolute atomic E-state index is 1.34. The summed E-state index contributed by atoms with van der Waals surface area (Å²) in [5.41, 5.74) is 0. The van der Waals surface area contributed by atoms with Crippen LogP contribution in [0.2, 0.25) is 0 Å². The quantitative estimate of drug-likeness (QED) is 0.394. The van der Waals surface area contributed by atoms with Crippen molar-refractivity contribution in [3.05, 3.63) is 0 Å². The van der Waals surface area contributed by atoms with Crippen molar-refractivity contribution in [2.75, 3.05) is 12.0 Å². The zero-order valence-electron chi connectivity index (χ0n) is 8.47. The average molecular weight is 206 g/mol. The fraction of sp³-hybridized carbons (Fsp3) is 1.00. The molecule has 0 atom stereocenters. The predicted octanol–water partition coefficient (Wildman–Crippen LogP) is 4.75. The second-order valence-corrected chi connectivity index (χ2v) is 5.79. The number of hydrogen-bond acceptors (Lipinski definition) is 2. The van der Waals surface area contributed by atoms with Crippen LogP contribution in [0.1, 0.15) is 51.9 Å². The molecule has 0 aliphatic heterocycles. The molecule has 0 saturated carbocycles. The molecule has 0 spiro atoms. The molecule has 0 N–H and O–H groups in total. The van der Waals surface area contributed by atoms with E-state index in [4.69, 9.17) is 0 Å². The average Bonchev–Trinajstić information content (AvgIpc) is 2.10. The fourth-order valence-corrected chi connectivity index (χ4v) is 2.54. The van der Waals surface area contributed by atoms with E-state index in [-0.39, 0.29) is 0 Å². The summed E-state index contributed by atoms with van der Waals surface area (Å²) in [7, 11) is 3.88. The van der Waals surface area contributed by atoms with Gasteiger partial charge in [-0.25, -0.2) is 0 Å². The molecule has 0 nitrogen and oxygen atoms in total. The molecule has 0 saturated heterocycles. The van der Waals surface area contributed by atoms with Gasteiger partial charge in [-0.05, 0) is 12.7 Å². The van der Waals surface area contributed by atoms with Gasteiger partial charge < -0.3 is 0 Å². The third-order valence-electron chi connectivity index (χ3n) is 1.95. The molecule has 0 heterocycles. The van der Waals surface area contributed by atoms with Crippen molar-refractivity contribution in [2.24, 2.45) is 0 Å². The van der Waals surface area contributed by atoms with E-state index in [2.05, 4.69) is 13.2 Å². The summed E-state index contributed by atoms with van der Waals surface area (Å²) in [5.74, 6) is 1.34. The number of unbranched alkanes of at least 4 members (excludes halogenated alkanes) is 6. The van der Waals surface area contributed by atoms with Crippen LogP contribution in [0.3, 0.4) is 0 Å². The predicted molar refractivity (Wildman–Crippen MR) is 64.0 cm³/mol. The van der Waals surface area contributed by atoms with E-state index >= 15 is 0 Å². The van der Waals surface area contributed by atoms with Gasteiger partial charge in [-0.15, -0.1) is 0 Å². The SMILES string of the molecule is CCCCCCCCCSSC. The Morgan fingerprint density at radius 2 is 1.42 bits per heavy atom. The smallest absolute Gasteiger partial charge is 0.00368 e. The lowest BCUT2D eigenvalue weighted by atomic mass is 10.1. The van der Waals surface area contributed by atoms with Gasteiger partial charge in [0.1, 0.15) is 0 Å². The van der Waals surface area contributed by atoms with E-state index in [1.807, 2.05) is 21.6 Å². The number of hydrogen-bond donors (Lipinski definition) is 0. The van der Waals surface area contributed by atoms with E-state index < -0.39 is 0 Å². The van der Waals surface area contributed by atoms with Crippen LogP contribution in [0, 0.1) is 0 Å². The third-order valence-corrected chi connectivity index (χ3v) is 3.85. The van der Waals surface area contributed by atoms with Crippen LogP contribution >= 0.6 is 21.6 Å². The van der Waals surface area contributed by atoms with Gasteiger partial charge in [0.2, 0.25) is 0 Å². The lowest BCUT2D eigenvalue weighted by molar-refractivity contribution is 0.604. The van der Waals surface area contributed by atoms with Gasteiger partial charge in [0.05, 0.1) is 0 Å². The van der Waals surface area contributed by atoms with Crippen molar-refractivity contribution in [1.82, 2.24) is 0 Å². The standard InChI is InChI=1S/C10H22S2/c1-3-4-5-6-7-8-9-10-12-11-2/h3-10H2,1-2H3. The Kier molecular flexibility index (Phi) is 12.4. The van der Waals surface area contributed by atoms with Crippen LogP contribution in [0.4, 0.5) is 0 Å². The van der Waals surface area contributed by atoms with Gasteiger partial charge in [0.15, 0.2) is 0 Å². The Labute approximate surface area is 85.7 Å². The number of rotatable bonds is 9. The molecule has 0 unspecified atom stereocenters. The maximum absolute atomic E-state index is 2.27. The first-order valence-corrected chi connectivity index (χ1v) is 7.80. The summed E-state index contributed by atoms with van der Waals surface area (Å²) in [6.07, 6.45) is 12.2. The van der Waals surface area contributed by atoms with E-state index in [0.717, 1.165) is 0 Å². The Hall–Kier alpha value is 0.700. The lowest BCUT2D eigenvalue weighted by Crippen LogP contribution is -1.81. The van der Waals surface area contributed by atoms with Crippen molar-refractivity contribution >= 4 is 21.6 Å². The highest BCUT2D eigenvalue weighted by Gasteiger charge is 1.90. The monoisotopic (exact) mass is 206 g/mol. The normalized spacial score (nSPS) is 10.5. The van der Waals surface area contributed by atoms with Crippen molar-refractivity contribution in [3.63, 3.8) is 0 Å². The van der Waals surface area contributed by atoms with Crippen LogP contribution in [-0.2, 0) is 0 Å². The van der Waals surface area contributed by atoms with Gasteiger partial charge in [0, 0.05) is 5.75 Å². The largest absolute Gasteiger partial charge is 0.0976 e. The molecule has 0 fully saturated rings. The summed E-state index contributed by atoms with van der Waals surface area (Å²) in [6.45, 7) is 2.27. The molecule has 0 aliphatic carbocycles. The second-order valence-electron chi connectivity index (χ2n) is 3.11. The topological polar surface area (TPSA) is 0 Å². The van der Waals surface area contributed by atoms with E-state index in [9.17, 15) is 0 Å². The Bertz CT molecular complexity index is 64.2. The summed E-state index contributed by atoms with van der Waals surface area (Å²) in [6, 6.07) is 0. The molecule has 2 heteroatoms. The highest BCUT2D eigenvalue weighted by Crippen LogP contribution is 2.19. The molecule has 0 amide bonds. The molecular formula is C10H22S2. The van der Waals surface area contributed by atoms with Crippen LogP contribution in [0.15, 0.2) is 0 Å². The van der Waals surface area contributed by atoms with Crippen LogP contribution < -0.4 is 0 Å². The van der Waals surface area contributed by atoms with E-state index in [1.54, 1.807) is 0 Å². The second kappa shape index (κ2) is 11.7. The van der Waals surface area contributed by atoms with Gasteiger partial charge in [0.25, 0.3) is 0 Å². The van der Waals surface area contributed by atoms with E-state index in [1.165, 1.54) is 50.7 Å². The molecule has 0 radical (unpaired) electrons. The molecule has 0 aliphatic rings. The van der Waals surface area contributed by atoms with Crippen molar-refractivity contribution in [1.29, 1.82) is 0 Å². The molecule has 12 heavy (non-hydrogen) atoms. The maximum atomic E-state index is 2.27. The molecule has 0 aromatic carbocycles. The Morgan fingerprint density at radius 1 is 0.833 bits per heavy atom. The molecule has 0 bridgehead atoms. The van der Waals surface area contributed by atoms with Gasteiger partial charge in [-0.1, -0.05) is 67.0 Å². The minimum Gasteiger partial charge on any atom is -0.0976 e. The highest BCUT2D eigenvalue weighted by atomic mass is 33.1. The molecule has 0 aromatic heterocycles. The third kappa shape index (κ3) is 10.7.